The zero-order chi connectivity index (χ0) is 18.4. The zero-order valence-electron chi connectivity index (χ0n) is 14.6. The monoisotopic (exact) mass is 364 g/mol. The minimum atomic E-state index is -2.49. The molecular formula is C21H18F2N4. The highest BCUT2D eigenvalue weighted by Crippen LogP contribution is 2.44. The van der Waals surface area contributed by atoms with E-state index in [2.05, 4.69) is 20.3 Å². The van der Waals surface area contributed by atoms with Crippen LogP contribution in [0.4, 0.5) is 14.5 Å². The first-order chi connectivity index (χ1) is 13.1. The highest BCUT2D eigenvalue weighted by molar-refractivity contribution is 6.10. The fourth-order valence-corrected chi connectivity index (χ4v) is 3.95. The van der Waals surface area contributed by atoms with Gasteiger partial charge in [0, 0.05) is 47.6 Å². The second-order valence-electron chi connectivity index (χ2n) is 7.32. The molecule has 2 aliphatic rings. The summed E-state index contributed by atoms with van der Waals surface area (Å²) in [6.07, 6.45) is 4.08. The molecule has 4 nitrogen and oxygen atoms in total. The topological polar surface area (TPSA) is 50.2 Å². The van der Waals surface area contributed by atoms with Crippen LogP contribution in [0.15, 0.2) is 53.8 Å². The van der Waals surface area contributed by atoms with Crippen LogP contribution in [0, 0.1) is 5.92 Å². The summed E-state index contributed by atoms with van der Waals surface area (Å²) in [5, 5.41) is 5.44. The van der Waals surface area contributed by atoms with Crippen molar-refractivity contribution in [1.82, 2.24) is 9.97 Å². The van der Waals surface area contributed by atoms with Crippen LogP contribution in [0.25, 0.3) is 10.8 Å². The van der Waals surface area contributed by atoms with E-state index in [1.54, 1.807) is 12.4 Å². The molecule has 1 aliphatic carbocycles. The van der Waals surface area contributed by atoms with Gasteiger partial charge >= 0.3 is 0 Å². The van der Waals surface area contributed by atoms with Crippen LogP contribution in [0.5, 0.6) is 0 Å². The molecule has 1 aliphatic heterocycles. The molecule has 0 amide bonds. The summed E-state index contributed by atoms with van der Waals surface area (Å²) in [6.45, 7) is 0.589. The van der Waals surface area contributed by atoms with Gasteiger partial charge in [-0.15, -0.1) is 0 Å². The molecule has 0 bridgehead atoms. The molecule has 0 atom stereocenters. The Morgan fingerprint density at radius 2 is 1.96 bits per heavy atom. The van der Waals surface area contributed by atoms with E-state index < -0.39 is 5.92 Å². The fourth-order valence-electron chi connectivity index (χ4n) is 3.95. The van der Waals surface area contributed by atoms with E-state index >= 15 is 0 Å². The largest absolute Gasteiger partial charge is 0.340 e. The van der Waals surface area contributed by atoms with Crippen molar-refractivity contribution in [2.45, 2.75) is 31.7 Å². The lowest BCUT2D eigenvalue weighted by Gasteiger charge is -2.34. The number of hydrogen-bond donors (Lipinski definition) is 1. The van der Waals surface area contributed by atoms with E-state index in [4.69, 9.17) is 0 Å². The summed E-state index contributed by atoms with van der Waals surface area (Å²) in [5.74, 6) is -1.64. The molecule has 27 heavy (non-hydrogen) atoms. The van der Waals surface area contributed by atoms with Crippen molar-refractivity contribution in [3.8, 4) is 0 Å². The van der Waals surface area contributed by atoms with Gasteiger partial charge in [-0.05, 0) is 48.1 Å². The Hall–Kier alpha value is -2.89. The first-order valence-electron chi connectivity index (χ1n) is 9.09. The van der Waals surface area contributed by atoms with Crippen LogP contribution < -0.4 is 5.32 Å². The number of halogens is 2. The summed E-state index contributed by atoms with van der Waals surface area (Å²) in [7, 11) is 0. The SMILES string of the molecule is FC1(F)CC(Cc2nccc3cc(NC4=NCc5ncccc54)ccc23)C1. The molecule has 3 heterocycles. The van der Waals surface area contributed by atoms with Crippen molar-refractivity contribution < 1.29 is 8.78 Å². The van der Waals surface area contributed by atoms with Crippen molar-refractivity contribution in [3.05, 3.63) is 65.7 Å². The summed E-state index contributed by atoms with van der Waals surface area (Å²) in [5.41, 5.74) is 3.83. The van der Waals surface area contributed by atoms with Crippen LogP contribution in [0.2, 0.25) is 0 Å². The molecule has 136 valence electrons. The van der Waals surface area contributed by atoms with E-state index in [9.17, 15) is 8.78 Å². The minimum Gasteiger partial charge on any atom is -0.340 e. The Bertz CT molecular complexity index is 1050. The van der Waals surface area contributed by atoms with Crippen LogP contribution in [-0.2, 0) is 13.0 Å². The lowest BCUT2D eigenvalue weighted by Crippen LogP contribution is -2.36. The van der Waals surface area contributed by atoms with E-state index in [0.717, 1.165) is 39.2 Å². The third kappa shape index (κ3) is 3.05. The normalized spacial score (nSPS) is 18.1. The standard InChI is InChI=1S/C21H18F2N4/c22-21(23)10-13(11-21)8-18-16-4-3-15(9-14(16)5-7-25-18)27-20-17-2-1-6-24-19(17)12-26-20/h1-7,9,13H,8,10-12H2,(H,26,27). The van der Waals surface area contributed by atoms with Gasteiger partial charge in [0.05, 0.1) is 12.2 Å². The average molecular weight is 364 g/mol. The maximum atomic E-state index is 13.1. The number of amidine groups is 1. The number of aliphatic imine (C=N–C) groups is 1. The second kappa shape index (κ2) is 6.08. The number of pyridine rings is 2. The molecular weight excluding hydrogens is 346 g/mol. The van der Waals surface area contributed by atoms with E-state index in [1.165, 1.54) is 0 Å². The Labute approximate surface area is 155 Å². The number of fused-ring (bicyclic) bond motifs is 2. The van der Waals surface area contributed by atoms with Gasteiger partial charge in [0.25, 0.3) is 0 Å². The van der Waals surface area contributed by atoms with Gasteiger partial charge in [-0.3, -0.25) is 15.0 Å². The van der Waals surface area contributed by atoms with Crippen LogP contribution in [-0.4, -0.2) is 21.7 Å². The number of rotatable bonds is 3. The predicted molar refractivity (Wildman–Crippen MR) is 101 cm³/mol. The summed E-state index contributed by atoms with van der Waals surface area (Å²) in [4.78, 5) is 13.3. The molecule has 0 spiro atoms. The Balaban J connectivity index is 1.39. The van der Waals surface area contributed by atoms with E-state index in [1.807, 2.05) is 36.4 Å². The van der Waals surface area contributed by atoms with Crippen molar-refractivity contribution in [2.24, 2.45) is 10.9 Å². The average Bonchev–Trinajstić information content (AvgIpc) is 3.03. The number of anilines is 1. The first-order valence-corrected chi connectivity index (χ1v) is 9.09. The first kappa shape index (κ1) is 16.3. The zero-order valence-corrected chi connectivity index (χ0v) is 14.6. The smallest absolute Gasteiger partial charge is 0.248 e. The quantitative estimate of drug-likeness (QED) is 0.739. The Morgan fingerprint density at radius 3 is 2.81 bits per heavy atom. The fraction of sp³-hybridized carbons (Fsp3) is 0.286. The van der Waals surface area contributed by atoms with Crippen molar-refractivity contribution in [1.29, 1.82) is 0 Å². The highest BCUT2D eigenvalue weighted by atomic mass is 19.3. The van der Waals surface area contributed by atoms with E-state index in [0.29, 0.717) is 13.0 Å². The van der Waals surface area contributed by atoms with Gasteiger partial charge in [0.2, 0.25) is 5.92 Å². The third-order valence-corrected chi connectivity index (χ3v) is 5.30. The van der Waals surface area contributed by atoms with Crippen molar-refractivity contribution in [3.63, 3.8) is 0 Å². The minimum absolute atomic E-state index is 0.0211. The number of aromatic nitrogens is 2. The molecule has 1 saturated carbocycles. The molecule has 1 N–H and O–H groups in total. The van der Waals surface area contributed by atoms with Gasteiger partial charge in [0.15, 0.2) is 0 Å². The highest BCUT2D eigenvalue weighted by Gasteiger charge is 2.45. The lowest BCUT2D eigenvalue weighted by atomic mass is 9.78. The molecule has 2 aromatic heterocycles. The Morgan fingerprint density at radius 1 is 1.07 bits per heavy atom. The van der Waals surface area contributed by atoms with Gasteiger partial charge < -0.3 is 5.32 Å². The summed E-state index contributed by atoms with van der Waals surface area (Å²) in [6, 6.07) is 11.9. The van der Waals surface area contributed by atoms with Gasteiger partial charge in [0.1, 0.15) is 5.84 Å². The molecule has 0 saturated heterocycles. The number of nitrogens with zero attached hydrogens (tertiary/aromatic N) is 3. The molecule has 0 radical (unpaired) electrons. The lowest BCUT2D eigenvalue weighted by molar-refractivity contribution is -0.109. The van der Waals surface area contributed by atoms with Crippen molar-refractivity contribution in [2.75, 3.05) is 5.32 Å². The predicted octanol–water partition coefficient (Wildman–Crippen LogP) is 4.59. The molecule has 1 fully saturated rings. The molecule has 6 heteroatoms. The summed E-state index contributed by atoms with van der Waals surface area (Å²) >= 11 is 0. The molecule has 0 unspecified atom stereocenters. The number of benzene rings is 1. The summed E-state index contributed by atoms with van der Waals surface area (Å²) < 4.78 is 26.2. The maximum absolute atomic E-state index is 13.1. The van der Waals surface area contributed by atoms with Gasteiger partial charge in [-0.2, -0.15) is 0 Å². The molecule has 1 aromatic carbocycles. The molecule has 5 rings (SSSR count). The van der Waals surface area contributed by atoms with E-state index in [-0.39, 0.29) is 18.8 Å². The van der Waals surface area contributed by atoms with Crippen LogP contribution in [0.1, 0.15) is 29.8 Å². The Kier molecular flexibility index (Phi) is 3.67. The maximum Gasteiger partial charge on any atom is 0.248 e. The van der Waals surface area contributed by atoms with Gasteiger partial charge in [-0.25, -0.2) is 8.78 Å². The van der Waals surface area contributed by atoms with Crippen LogP contribution in [0.3, 0.4) is 0 Å². The molecule has 3 aromatic rings. The third-order valence-electron chi connectivity index (χ3n) is 5.30. The number of alkyl halides is 2. The number of hydrogen-bond acceptors (Lipinski definition) is 4. The van der Waals surface area contributed by atoms with Crippen molar-refractivity contribution >= 4 is 22.3 Å². The van der Waals surface area contributed by atoms with Crippen LogP contribution >= 0.6 is 0 Å². The second-order valence-corrected chi connectivity index (χ2v) is 7.32. The number of nitrogens with one attached hydrogen (secondary N) is 1. The van der Waals surface area contributed by atoms with Gasteiger partial charge in [-0.1, -0.05) is 6.07 Å².